The fourth-order valence-electron chi connectivity index (χ4n) is 2.82. The minimum absolute atomic E-state index is 0.00347. The van der Waals surface area contributed by atoms with Gasteiger partial charge in [0.2, 0.25) is 5.91 Å². The molecule has 3 N–H and O–H groups in total. The molecule has 1 saturated heterocycles. The zero-order valence-corrected chi connectivity index (χ0v) is 14.4. The summed E-state index contributed by atoms with van der Waals surface area (Å²) in [6, 6.07) is 5.88. The number of nitrogens with one attached hydrogen (secondary N) is 1. The Labute approximate surface area is 140 Å². The summed E-state index contributed by atoms with van der Waals surface area (Å²) in [7, 11) is 0. The average molecular weight is 333 g/mol. The lowest BCUT2D eigenvalue weighted by molar-refractivity contribution is -0.130. The van der Waals surface area contributed by atoms with Crippen LogP contribution in [0.15, 0.2) is 18.2 Å². The monoisotopic (exact) mass is 333 g/mol. The first-order valence-electron chi connectivity index (χ1n) is 8.04. The van der Waals surface area contributed by atoms with Gasteiger partial charge < -0.3 is 15.8 Å². The van der Waals surface area contributed by atoms with Crippen molar-refractivity contribution in [2.45, 2.75) is 32.6 Å². The van der Waals surface area contributed by atoms with Crippen molar-refractivity contribution in [1.29, 1.82) is 0 Å². The zero-order valence-electron chi connectivity index (χ0n) is 13.6. The van der Waals surface area contributed by atoms with Crippen molar-refractivity contribution in [2.24, 2.45) is 11.1 Å². The second kappa shape index (κ2) is 6.55. The smallest absolute Gasteiger partial charge is 0.232 e. The summed E-state index contributed by atoms with van der Waals surface area (Å²) in [4.78, 5) is 17.3. The number of ether oxygens (including phenoxy) is 1. The van der Waals surface area contributed by atoms with Crippen LogP contribution in [0.4, 0.5) is 5.69 Å². The first kappa shape index (κ1) is 16.4. The number of hydrogen-bond acceptors (Lipinski definition) is 5. The van der Waals surface area contributed by atoms with Crippen LogP contribution in [0.5, 0.6) is 0 Å². The standard InChI is InChI=1S/C17H23N3O2S/c1-11(2)15-20-13-4-3-12(9-14(13)23-15)19-16(21)17(10-18)5-7-22-8-6-17/h3-4,9,11H,5-8,10,18H2,1-2H3,(H,19,21). The number of carbonyl (C=O) groups is 1. The second-order valence-corrected chi connectivity index (χ2v) is 7.50. The molecule has 1 aromatic heterocycles. The van der Waals surface area contributed by atoms with Crippen LogP contribution in [0.25, 0.3) is 10.2 Å². The van der Waals surface area contributed by atoms with E-state index < -0.39 is 5.41 Å². The first-order chi connectivity index (χ1) is 11.0. The van der Waals surface area contributed by atoms with Crippen LogP contribution in [0, 0.1) is 5.41 Å². The third kappa shape index (κ3) is 3.24. The molecule has 1 fully saturated rings. The molecule has 0 aliphatic carbocycles. The second-order valence-electron chi connectivity index (χ2n) is 6.44. The highest BCUT2D eigenvalue weighted by Crippen LogP contribution is 2.33. The van der Waals surface area contributed by atoms with Gasteiger partial charge in [-0.3, -0.25) is 4.79 Å². The van der Waals surface area contributed by atoms with Gasteiger partial charge in [0, 0.05) is 31.4 Å². The highest BCUT2D eigenvalue weighted by Gasteiger charge is 2.38. The first-order valence-corrected chi connectivity index (χ1v) is 8.85. The number of nitrogens with zero attached hydrogens (tertiary/aromatic N) is 1. The maximum Gasteiger partial charge on any atom is 0.232 e. The molecule has 0 saturated carbocycles. The number of thiazole rings is 1. The molecular formula is C17H23N3O2S. The molecule has 1 aromatic carbocycles. The van der Waals surface area contributed by atoms with E-state index in [1.54, 1.807) is 11.3 Å². The summed E-state index contributed by atoms with van der Waals surface area (Å²) in [6.45, 7) is 5.81. The van der Waals surface area contributed by atoms with E-state index in [0.29, 0.717) is 38.5 Å². The van der Waals surface area contributed by atoms with E-state index >= 15 is 0 Å². The van der Waals surface area contributed by atoms with Crippen LogP contribution in [0.3, 0.4) is 0 Å². The van der Waals surface area contributed by atoms with Crippen LogP contribution < -0.4 is 11.1 Å². The van der Waals surface area contributed by atoms with Gasteiger partial charge in [-0.25, -0.2) is 4.98 Å². The van der Waals surface area contributed by atoms with Gasteiger partial charge in [0.05, 0.1) is 20.6 Å². The highest BCUT2D eigenvalue weighted by atomic mass is 32.1. The van der Waals surface area contributed by atoms with Crippen LogP contribution in [0.2, 0.25) is 0 Å². The van der Waals surface area contributed by atoms with Crippen LogP contribution in [-0.2, 0) is 9.53 Å². The summed E-state index contributed by atoms with van der Waals surface area (Å²) in [5.41, 5.74) is 7.17. The van der Waals surface area contributed by atoms with Crippen molar-refractivity contribution in [3.63, 3.8) is 0 Å². The Bertz CT molecular complexity index is 705. The normalized spacial score (nSPS) is 17.6. The number of benzene rings is 1. The molecule has 3 rings (SSSR count). The van der Waals surface area contributed by atoms with Gasteiger partial charge in [-0.05, 0) is 31.0 Å². The molecule has 1 aliphatic heterocycles. The molecule has 2 heterocycles. The van der Waals surface area contributed by atoms with E-state index in [2.05, 4.69) is 24.1 Å². The molecular weight excluding hydrogens is 310 g/mol. The van der Waals surface area contributed by atoms with Crippen molar-refractivity contribution in [1.82, 2.24) is 4.98 Å². The SMILES string of the molecule is CC(C)c1nc2ccc(NC(=O)C3(CN)CCOCC3)cc2s1. The fraction of sp³-hybridized carbons (Fsp3) is 0.529. The largest absolute Gasteiger partial charge is 0.381 e. The molecule has 0 radical (unpaired) electrons. The van der Waals surface area contributed by atoms with E-state index in [-0.39, 0.29) is 5.91 Å². The van der Waals surface area contributed by atoms with Crippen LogP contribution in [-0.4, -0.2) is 30.6 Å². The maximum absolute atomic E-state index is 12.7. The molecule has 0 bridgehead atoms. The topological polar surface area (TPSA) is 77.2 Å². The minimum Gasteiger partial charge on any atom is -0.381 e. The minimum atomic E-state index is -0.510. The molecule has 1 aliphatic rings. The van der Waals surface area contributed by atoms with E-state index in [0.717, 1.165) is 20.9 Å². The van der Waals surface area contributed by atoms with Gasteiger partial charge >= 0.3 is 0 Å². The molecule has 2 aromatic rings. The lowest BCUT2D eigenvalue weighted by Crippen LogP contribution is -2.46. The molecule has 6 heteroatoms. The molecule has 1 amide bonds. The van der Waals surface area contributed by atoms with Crippen LogP contribution in [0.1, 0.15) is 37.6 Å². The summed E-state index contributed by atoms with van der Waals surface area (Å²) in [5.74, 6) is 0.407. The number of anilines is 1. The van der Waals surface area contributed by atoms with E-state index in [1.807, 2.05) is 18.2 Å². The van der Waals surface area contributed by atoms with E-state index in [9.17, 15) is 4.79 Å². The number of rotatable bonds is 4. The quantitative estimate of drug-likeness (QED) is 0.901. The lowest BCUT2D eigenvalue weighted by Gasteiger charge is -2.34. The van der Waals surface area contributed by atoms with Gasteiger partial charge in [0.25, 0.3) is 0 Å². The van der Waals surface area contributed by atoms with E-state index in [4.69, 9.17) is 10.5 Å². The van der Waals surface area contributed by atoms with Crippen molar-refractivity contribution >= 4 is 33.1 Å². The van der Waals surface area contributed by atoms with Gasteiger partial charge in [-0.2, -0.15) is 0 Å². The third-order valence-electron chi connectivity index (χ3n) is 4.48. The van der Waals surface area contributed by atoms with Crippen molar-refractivity contribution < 1.29 is 9.53 Å². The molecule has 5 nitrogen and oxygen atoms in total. The number of fused-ring (bicyclic) bond motifs is 1. The van der Waals surface area contributed by atoms with E-state index in [1.165, 1.54) is 0 Å². The predicted molar refractivity (Wildman–Crippen MR) is 93.9 cm³/mol. The summed E-state index contributed by atoms with van der Waals surface area (Å²) in [5, 5.41) is 4.16. The highest BCUT2D eigenvalue weighted by molar-refractivity contribution is 7.18. The Morgan fingerprint density at radius 3 is 2.83 bits per heavy atom. The fourth-order valence-corrected chi connectivity index (χ4v) is 3.83. The third-order valence-corrected chi connectivity index (χ3v) is 5.80. The molecule has 0 atom stereocenters. The average Bonchev–Trinajstić information content (AvgIpc) is 2.99. The van der Waals surface area contributed by atoms with Crippen molar-refractivity contribution in [3.8, 4) is 0 Å². The van der Waals surface area contributed by atoms with Crippen LogP contribution >= 0.6 is 11.3 Å². The van der Waals surface area contributed by atoms with Gasteiger partial charge in [0.15, 0.2) is 0 Å². The maximum atomic E-state index is 12.7. The molecule has 23 heavy (non-hydrogen) atoms. The molecule has 0 unspecified atom stereocenters. The number of nitrogens with two attached hydrogens (primary N) is 1. The Kier molecular flexibility index (Phi) is 4.66. The Hall–Kier alpha value is -1.50. The zero-order chi connectivity index (χ0) is 16.4. The van der Waals surface area contributed by atoms with Gasteiger partial charge in [0.1, 0.15) is 0 Å². The number of aromatic nitrogens is 1. The van der Waals surface area contributed by atoms with Crippen molar-refractivity contribution in [2.75, 3.05) is 25.1 Å². The summed E-state index contributed by atoms with van der Waals surface area (Å²) < 4.78 is 6.47. The lowest BCUT2D eigenvalue weighted by atomic mass is 9.79. The predicted octanol–water partition coefficient (Wildman–Crippen LogP) is 3.11. The van der Waals surface area contributed by atoms with Gasteiger partial charge in [-0.15, -0.1) is 11.3 Å². The van der Waals surface area contributed by atoms with Crippen molar-refractivity contribution in [3.05, 3.63) is 23.2 Å². The van der Waals surface area contributed by atoms with Gasteiger partial charge in [-0.1, -0.05) is 13.8 Å². The molecule has 0 spiro atoms. The summed E-state index contributed by atoms with van der Waals surface area (Å²) >= 11 is 1.68. The Morgan fingerprint density at radius 1 is 1.43 bits per heavy atom. The number of carbonyl (C=O) groups excluding carboxylic acids is 1. The number of amides is 1. The Balaban J connectivity index is 1.81. The number of hydrogen-bond donors (Lipinski definition) is 2. The Morgan fingerprint density at radius 2 is 2.17 bits per heavy atom. The summed E-state index contributed by atoms with van der Waals surface area (Å²) in [6.07, 6.45) is 1.35. The molecule has 124 valence electrons.